The van der Waals surface area contributed by atoms with Crippen molar-refractivity contribution in [3.05, 3.63) is 58.3 Å². The van der Waals surface area contributed by atoms with Crippen molar-refractivity contribution in [2.24, 2.45) is 0 Å². The van der Waals surface area contributed by atoms with Gasteiger partial charge < -0.3 is 10.6 Å². The third-order valence-corrected chi connectivity index (χ3v) is 5.94. The first-order valence-corrected chi connectivity index (χ1v) is 10.5. The first kappa shape index (κ1) is 19.6. The van der Waals surface area contributed by atoms with Gasteiger partial charge in [-0.3, -0.25) is 14.5 Å². The topological polar surface area (TPSA) is 61.4 Å². The molecular weight excluding hydrogens is 358 g/mol. The Morgan fingerprint density at radius 3 is 2.74 bits per heavy atom. The average Bonchev–Trinajstić information content (AvgIpc) is 3.38. The summed E-state index contributed by atoms with van der Waals surface area (Å²) in [5.41, 5.74) is 1.03. The van der Waals surface area contributed by atoms with Crippen molar-refractivity contribution < 1.29 is 9.59 Å². The zero-order chi connectivity index (χ0) is 19.1. The summed E-state index contributed by atoms with van der Waals surface area (Å²) in [7, 11) is 0. The molecule has 0 spiro atoms. The van der Waals surface area contributed by atoms with E-state index in [9.17, 15) is 9.59 Å². The monoisotopic (exact) mass is 385 g/mol. The third-order valence-electron chi connectivity index (χ3n) is 5.07. The quantitative estimate of drug-likeness (QED) is 0.734. The lowest BCUT2D eigenvalue weighted by Gasteiger charge is -2.24. The number of rotatable bonds is 8. The van der Waals surface area contributed by atoms with E-state index in [1.54, 1.807) is 6.07 Å². The molecule has 2 atom stereocenters. The molecular formula is C21H27N3O2S. The van der Waals surface area contributed by atoms with E-state index in [-0.39, 0.29) is 11.8 Å². The van der Waals surface area contributed by atoms with Gasteiger partial charge >= 0.3 is 0 Å². The van der Waals surface area contributed by atoms with Crippen LogP contribution in [0.25, 0.3) is 0 Å². The lowest BCUT2D eigenvalue weighted by molar-refractivity contribution is -0.123. The number of carbonyl (C=O) groups is 2. The van der Waals surface area contributed by atoms with Gasteiger partial charge in [0.15, 0.2) is 0 Å². The van der Waals surface area contributed by atoms with Gasteiger partial charge in [0.2, 0.25) is 5.91 Å². The summed E-state index contributed by atoms with van der Waals surface area (Å²) < 4.78 is 0. The van der Waals surface area contributed by atoms with E-state index >= 15 is 0 Å². The largest absolute Gasteiger partial charge is 0.353 e. The number of nitrogens with zero attached hydrogens (tertiary/aromatic N) is 1. The Bertz CT molecular complexity index is 733. The number of likely N-dealkylation sites (tertiary alicyclic amines) is 1. The normalized spacial score (nSPS) is 18.2. The minimum atomic E-state index is -0.585. The fourth-order valence-corrected chi connectivity index (χ4v) is 4.21. The van der Waals surface area contributed by atoms with E-state index in [2.05, 4.69) is 22.5 Å². The summed E-state index contributed by atoms with van der Waals surface area (Å²) in [6, 6.07) is 13.2. The predicted molar refractivity (Wildman–Crippen MR) is 109 cm³/mol. The van der Waals surface area contributed by atoms with Crippen molar-refractivity contribution in [2.75, 3.05) is 19.6 Å². The van der Waals surface area contributed by atoms with E-state index in [1.807, 2.05) is 41.8 Å². The molecule has 3 rings (SSSR count). The van der Waals surface area contributed by atoms with Crippen molar-refractivity contribution in [3.63, 3.8) is 0 Å². The van der Waals surface area contributed by atoms with Crippen LogP contribution in [0.5, 0.6) is 0 Å². The molecule has 27 heavy (non-hydrogen) atoms. The van der Waals surface area contributed by atoms with Crippen LogP contribution < -0.4 is 10.6 Å². The molecule has 2 heterocycles. The molecule has 0 aliphatic carbocycles. The second-order valence-corrected chi connectivity index (χ2v) is 7.81. The molecule has 6 heteroatoms. The average molecular weight is 386 g/mol. The van der Waals surface area contributed by atoms with Crippen LogP contribution in [0.3, 0.4) is 0 Å². The maximum atomic E-state index is 12.9. The summed E-state index contributed by atoms with van der Waals surface area (Å²) >= 11 is 1.38. The highest BCUT2D eigenvalue weighted by molar-refractivity contribution is 7.12. The number of thiophene rings is 1. The number of benzene rings is 1. The Kier molecular flexibility index (Phi) is 7.01. The molecule has 2 unspecified atom stereocenters. The van der Waals surface area contributed by atoms with Gasteiger partial charge in [-0.25, -0.2) is 0 Å². The van der Waals surface area contributed by atoms with Gasteiger partial charge in [-0.05, 0) is 42.9 Å². The number of carbonyl (C=O) groups excluding carboxylic acids is 2. The van der Waals surface area contributed by atoms with E-state index in [4.69, 9.17) is 0 Å². The number of likely N-dealkylation sites (N-methyl/N-ethyl adjacent to an activating group) is 1. The molecule has 1 aliphatic heterocycles. The zero-order valence-corrected chi connectivity index (χ0v) is 16.5. The van der Waals surface area contributed by atoms with Gasteiger partial charge in [0.25, 0.3) is 5.91 Å². The first-order valence-electron chi connectivity index (χ1n) is 9.57. The summed E-state index contributed by atoms with van der Waals surface area (Å²) in [5, 5.41) is 7.84. The highest BCUT2D eigenvalue weighted by atomic mass is 32.1. The maximum absolute atomic E-state index is 12.9. The van der Waals surface area contributed by atoms with Crippen molar-refractivity contribution in [1.29, 1.82) is 0 Å². The van der Waals surface area contributed by atoms with E-state index < -0.39 is 6.04 Å². The molecule has 144 valence electrons. The summed E-state index contributed by atoms with van der Waals surface area (Å²) in [6.45, 7) is 4.88. The van der Waals surface area contributed by atoms with Crippen LogP contribution in [0.15, 0.2) is 47.8 Å². The Morgan fingerprint density at radius 2 is 2.04 bits per heavy atom. The molecule has 1 saturated heterocycles. The van der Waals surface area contributed by atoms with Crippen molar-refractivity contribution >= 4 is 23.2 Å². The summed E-state index contributed by atoms with van der Waals surface area (Å²) in [4.78, 5) is 28.4. The number of nitrogens with one attached hydrogen (secondary N) is 2. The van der Waals surface area contributed by atoms with Gasteiger partial charge in [-0.2, -0.15) is 0 Å². The number of hydrogen-bond donors (Lipinski definition) is 2. The van der Waals surface area contributed by atoms with Crippen LogP contribution in [-0.2, 0) is 11.2 Å². The fourth-order valence-electron chi connectivity index (χ4n) is 3.58. The van der Waals surface area contributed by atoms with Crippen LogP contribution in [-0.4, -0.2) is 48.4 Å². The molecule has 0 bridgehead atoms. The van der Waals surface area contributed by atoms with Crippen LogP contribution >= 0.6 is 11.3 Å². The smallest absolute Gasteiger partial charge is 0.262 e. The Balaban J connectivity index is 1.64. The second kappa shape index (κ2) is 9.67. The maximum Gasteiger partial charge on any atom is 0.262 e. The van der Waals surface area contributed by atoms with Gasteiger partial charge in [0.1, 0.15) is 6.04 Å². The third kappa shape index (κ3) is 5.40. The van der Waals surface area contributed by atoms with Gasteiger partial charge in [-0.1, -0.05) is 43.3 Å². The van der Waals surface area contributed by atoms with Crippen molar-refractivity contribution in [2.45, 2.75) is 38.3 Å². The van der Waals surface area contributed by atoms with Gasteiger partial charge in [-0.15, -0.1) is 11.3 Å². The van der Waals surface area contributed by atoms with Crippen molar-refractivity contribution in [1.82, 2.24) is 15.5 Å². The molecule has 1 fully saturated rings. The molecule has 0 saturated carbocycles. The Morgan fingerprint density at radius 1 is 1.22 bits per heavy atom. The molecule has 1 aromatic heterocycles. The highest BCUT2D eigenvalue weighted by Gasteiger charge is 2.26. The second-order valence-electron chi connectivity index (χ2n) is 6.86. The first-order chi connectivity index (χ1) is 13.2. The van der Waals surface area contributed by atoms with E-state index in [0.717, 1.165) is 25.1 Å². The Labute approximate surface area is 164 Å². The van der Waals surface area contributed by atoms with Gasteiger partial charge in [0, 0.05) is 19.0 Å². The molecule has 2 amide bonds. The summed E-state index contributed by atoms with van der Waals surface area (Å²) in [5.74, 6) is -0.316. The van der Waals surface area contributed by atoms with Gasteiger partial charge in [0.05, 0.1) is 4.88 Å². The minimum absolute atomic E-state index is 0.119. The number of amides is 2. The standard InChI is InChI=1S/C21H27N3O2S/c1-2-24-12-6-10-17(24)15-22-20(25)18(14-16-8-4-3-5-9-16)23-21(26)19-11-7-13-27-19/h3-5,7-9,11,13,17-18H,2,6,10,12,14-15H2,1H3,(H,22,25)(H,23,26). The SMILES string of the molecule is CCN1CCCC1CNC(=O)C(Cc1ccccc1)NC(=O)c1cccs1. The molecule has 2 aromatic rings. The predicted octanol–water partition coefficient (Wildman–Crippen LogP) is 2.69. The molecule has 1 aromatic carbocycles. The lowest BCUT2D eigenvalue weighted by Crippen LogP contribution is -2.50. The summed E-state index contributed by atoms with van der Waals surface area (Å²) in [6.07, 6.45) is 2.77. The number of hydrogen-bond acceptors (Lipinski definition) is 4. The minimum Gasteiger partial charge on any atom is -0.353 e. The van der Waals surface area contributed by atoms with Crippen LogP contribution in [0, 0.1) is 0 Å². The zero-order valence-electron chi connectivity index (χ0n) is 15.7. The fraction of sp³-hybridized carbons (Fsp3) is 0.429. The Hall–Kier alpha value is -2.18. The molecule has 5 nitrogen and oxygen atoms in total. The molecule has 1 aliphatic rings. The van der Waals surface area contributed by atoms with E-state index in [0.29, 0.717) is 23.9 Å². The molecule has 0 radical (unpaired) electrons. The van der Waals surface area contributed by atoms with E-state index in [1.165, 1.54) is 17.8 Å². The van der Waals surface area contributed by atoms with Crippen LogP contribution in [0.4, 0.5) is 0 Å². The lowest BCUT2D eigenvalue weighted by atomic mass is 10.0. The highest BCUT2D eigenvalue weighted by Crippen LogP contribution is 2.16. The van der Waals surface area contributed by atoms with Crippen LogP contribution in [0.2, 0.25) is 0 Å². The van der Waals surface area contributed by atoms with Crippen molar-refractivity contribution in [3.8, 4) is 0 Å². The molecule has 2 N–H and O–H groups in total. The van der Waals surface area contributed by atoms with Crippen LogP contribution in [0.1, 0.15) is 35.0 Å².